The van der Waals surface area contributed by atoms with Crippen LogP contribution in [0, 0.1) is 0 Å². The third kappa shape index (κ3) is 3.56. The van der Waals surface area contributed by atoms with Gasteiger partial charge in [-0.15, -0.1) is 0 Å². The van der Waals surface area contributed by atoms with Crippen molar-refractivity contribution in [2.45, 2.75) is 22.6 Å². The largest absolute Gasteiger partial charge is 0.294 e. The number of hydrogen-bond donors (Lipinski definition) is 0. The zero-order valence-corrected chi connectivity index (χ0v) is 18.0. The Morgan fingerprint density at radius 1 is 1.00 bits per heavy atom. The number of hydrogen-bond acceptors (Lipinski definition) is 6. The molecule has 0 spiro atoms. The first-order chi connectivity index (χ1) is 15.4. The van der Waals surface area contributed by atoms with Crippen LogP contribution in [0.4, 0.5) is 0 Å². The van der Waals surface area contributed by atoms with E-state index in [-0.39, 0.29) is 15.6 Å². The van der Waals surface area contributed by atoms with Gasteiger partial charge in [0.25, 0.3) is 0 Å². The molecule has 0 atom stereocenters. The molecule has 0 radical (unpaired) electrons. The first-order valence-electron chi connectivity index (χ1n) is 9.99. The summed E-state index contributed by atoms with van der Waals surface area (Å²) in [6.45, 7) is 0. The van der Waals surface area contributed by atoms with Gasteiger partial charge >= 0.3 is 0 Å². The molecule has 0 N–H and O–H groups in total. The highest BCUT2D eigenvalue weighted by Crippen LogP contribution is 2.25. The van der Waals surface area contributed by atoms with E-state index in [0.717, 1.165) is 16.5 Å². The second-order valence-corrected chi connectivity index (χ2v) is 9.49. The topological polar surface area (TPSA) is 99.2 Å². The standard InChI is InChI=1S/C23H19N5O3S/c1-27-21-12-20(8-5-17(21)14-26-27)32(30,31)19-6-2-16(3-7-19)4-9-22(29)18-13-25-23-24-10-11-28(23)15-18/h2-3,5-8,10-15H,4,9H2,1H3. The number of carbonyl (C=O) groups excluding carboxylic acids is 1. The summed E-state index contributed by atoms with van der Waals surface area (Å²) < 4.78 is 29.5. The Bertz CT molecular complexity index is 1570. The summed E-state index contributed by atoms with van der Waals surface area (Å²) in [7, 11) is -1.88. The molecular formula is C23H19N5O3S. The minimum Gasteiger partial charge on any atom is -0.294 e. The van der Waals surface area contributed by atoms with E-state index < -0.39 is 9.84 Å². The summed E-state index contributed by atoms with van der Waals surface area (Å²) in [4.78, 5) is 21.2. The number of aryl methyl sites for hydroxylation is 2. The van der Waals surface area contributed by atoms with E-state index in [1.807, 2.05) is 0 Å². The first kappa shape index (κ1) is 20.1. The summed E-state index contributed by atoms with van der Waals surface area (Å²) in [6, 6.07) is 11.7. The molecule has 0 aliphatic rings. The van der Waals surface area contributed by atoms with Gasteiger partial charge in [-0.05, 0) is 42.3 Å². The molecule has 160 valence electrons. The number of ketones is 1. The maximum Gasteiger partial charge on any atom is 0.233 e. The van der Waals surface area contributed by atoms with E-state index in [0.29, 0.717) is 24.2 Å². The lowest BCUT2D eigenvalue weighted by Crippen LogP contribution is -2.05. The van der Waals surface area contributed by atoms with Crippen molar-refractivity contribution in [1.29, 1.82) is 0 Å². The summed E-state index contributed by atoms with van der Waals surface area (Å²) in [6.07, 6.45) is 9.11. The third-order valence-corrected chi connectivity index (χ3v) is 7.24. The minimum absolute atomic E-state index is 0.0331. The van der Waals surface area contributed by atoms with Gasteiger partial charge in [-0.3, -0.25) is 13.9 Å². The Balaban J connectivity index is 1.31. The monoisotopic (exact) mass is 445 g/mol. The van der Waals surface area contributed by atoms with Crippen LogP contribution in [0.25, 0.3) is 16.7 Å². The SMILES string of the molecule is Cn1ncc2ccc(S(=O)(=O)c3ccc(CCC(=O)c4cnc5nccn5c4)cc3)cc21. The number of rotatable bonds is 6. The minimum atomic E-state index is -3.66. The van der Waals surface area contributed by atoms with E-state index in [1.165, 1.54) is 6.20 Å². The van der Waals surface area contributed by atoms with E-state index in [2.05, 4.69) is 15.1 Å². The van der Waals surface area contributed by atoms with Crippen molar-refractivity contribution in [3.63, 3.8) is 0 Å². The molecule has 2 aromatic carbocycles. The molecule has 5 rings (SSSR count). The molecule has 9 heteroatoms. The quantitative estimate of drug-likeness (QED) is 0.372. The molecule has 0 saturated heterocycles. The number of carbonyl (C=O) groups is 1. The van der Waals surface area contributed by atoms with Crippen LogP contribution in [-0.4, -0.2) is 38.4 Å². The van der Waals surface area contributed by atoms with Crippen molar-refractivity contribution in [3.05, 3.63) is 84.6 Å². The van der Waals surface area contributed by atoms with Gasteiger partial charge in [-0.25, -0.2) is 18.4 Å². The average Bonchev–Trinajstić information content (AvgIpc) is 3.43. The van der Waals surface area contributed by atoms with Gasteiger partial charge in [-0.1, -0.05) is 12.1 Å². The van der Waals surface area contributed by atoms with Gasteiger partial charge in [0.2, 0.25) is 15.6 Å². The lowest BCUT2D eigenvalue weighted by molar-refractivity contribution is 0.0982. The van der Waals surface area contributed by atoms with Crippen LogP contribution >= 0.6 is 0 Å². The Morgan fingerprint density at radius 3 is 2.59 bits per heavy atom. The summed E-state index contributed by atoms with van der Waals surface area (Å²) in [5, 5.41) is 5.04. The maximum absolute atomic E-state index is 13.1. The molecule has 8 nitrogen and oxygen atoms in total. The fourth-order valence-corrected chi connectivity index (χ4v) is 4.91. The summed E-state index contributed by atoms with van der Waals surface area (Å²) in [5.41, 5.74) is 2.15. The van der Waals surface area contributed by atoms with Crippen LogP contribution in [0.5, 0.6) is 0 Å². The van der Waals surface area contributed by atoms with Crippen molar-refractivity contribution in [2.75, 3.05) is 0 Å². The average molecular weight is 446 g/mol. The lowest BCUT2D eigenvalue weighted by atomic mass is 10.0. The van der Waals surface area contributed by atoms with Gasteiger partial charge in [0, 0.05) is 43.6 Å². The van der Waals surface area contributed by atoms with Crippen molar-refractivity contribution < 1.29 is 13.2 Å². The van der Waals surface area contributed by atoms with Crippen molar-refractivity contribution in [3.8, 4) is 0 Å². The fourth-order valence-electron chi connectivity index (χ4n) is 3.62. The molecule has 0 aliphatic heterocycles. The van der Waals surface area contributed by atoms with Crippen LogP contribution in [0.1, 0.15) is 22.3 Å². The summed E-state index contributed by atoms with van der Waals surface area (Å²) in [5.74, 6) is 0.509. The second-order valence-electron chi connectivity index (χ2n) is 7.54. The predicted octanol–water partition coefficient (Wildman–Crippen LogP) is 3.26. The number of nitrogens with zero attached hydrogens (tertiary/aromatic N) is 5. The Kier molecular flexibility index (Phi) is 4.82. The molecule has 3 aromatic heterocycles. The van der Waals surface area contributed by atoms with Gasteiger partial charge in [0.1, 0.15) is 0 Å². The molecule has 32 heavy (non-hydrogen) atoms. The number of sulfone groups is 1. The molecular weight excluding hydrogens is 426 g/mol. The van der Waals surface area contributed by atoms with Gasteiger partial charge < -0.3 is 0 Å². The molecule has 0 aliphatic carbocycles. The predicted molar refractivity (Wildman–Crippen MR) is 118 cm³/mol. The third-order valence-electron chi connectivity index (χ3n) is 5.47. The zero-order chi connectivity index (χ0) is 22.3. The van der Waals surface area contributed by atoms with E-state index in [1.54, 1.807) is 83.4 Å². The number of Topliss-reactive ketones (excluding diaryl/α,β-unsaturated/α-hetero) is 1. The van der Waals surface area contributed by atoms with Crippen molar-refractivity contribution in [2.24, 2.45) is 7.05 Å². The molecule has 0 amide bonds. The second kappa shape index (κ2) is 7.69. The number of aromatic nitrogens is 5. The normalized spacial score (nSPS) is 11.9. The highest BCUT2D eigenvalue weighted by atomic mass is 32.2. The molecule has 0 unspecified atom stereocenters. The fraction of sp³-hybridized carbons (Fsp3) is 0.130. The maximum atomic E-state index is 13.1. The Hall–Kier alpha value is -3.85. The van der Waals surface area contributed by atoms with Crippen molar-refractivity contribution in [1.82, 2.24) is 24.1 Å². The van der Waals surface area contributed by atoms with Crippen LogP contribution in [0.3, 0.4) is 0 Å². The zero-order valence-electron chi connectivity index (χ0n) is 17.2. The van der Waals surface area contributed by atoms with Crippen LogP contribution in [0.15, 0.2) is 83.2 Å². The Morgan fingerprint density at radius 2 is 1.78 bits per heavy atom. The number of imidazole rings is 1. The van der Waals surface area contributed by atoms with E-state index in [4.69, 9.17) is 0 Å². The molecule has 5 aromatic rings. The van der Waals surface area contributed by atoms with E-state index in [9.17, 15) is 13.2 Å². The summed E-state index contributed by atoms with van der Waals surface area (Å²) >= 11 is 0. The molecule has 0 saturated carbocycles. The van der Waals surface area contributed by atoms with E-state index >= 15 is 0 Å². The lowest BCUT2D eigenvalue weighted by Gasteiger charge is -2.07. The number of fused-ring (bicyclic) bond motifs is 2. The van der Waals surface area contributed by atoms with Crippen LogP contribution < -0.4 is 0 Å². The molecule has 3 heterocycles. The highest BCUT2D eigenvalue weighted by molar-refractivity contribution is 7.91. The number of benzene rings is 2. The smallest absolute Gasteiger partial charge is 0.233 e. The van der Waals surface area contributed by atoms with Gasteiger partial charge in [0.15, 0.2) is 5.78 Å². The highest BCUT2D eigenvalue weighted by Gasteiger charge is 2.19. The first-order valence-corrected chi connectivity index (χ1v) is 11.5. The van der Waals surface area contributed by atoms with Gasteiger partial charge in [0.05, 0.1) is 27.1 Å². The van der Waals surface area contributed by atoms with Crippen LogP contribution in [-0.2, 0) is 23.3 Å². The molecule has 0 fully saturated rings. The van der Waals surface area contributed by atoms with Gasteiger partial charge in [-0.2, -0.15) is 5.10 Å². The van der Waals surface area contributed by atoms with Crippen LogP contribution in [0.2, 0.25) is 0 Å². The molecule has 0 bridgehead atoms. The Labute approximate surface area is 184 Å². The van der Waals surface area contributed by atoms with Crippen molar-refractivity contribution >= 4 is 32.3 Å².